The van der Waals surface area contributed by atoms with Gasteiger partial charge < -0.3 is 9.90 Å². The monoisotopic (exact) mass is 84.0 g/mol. The van der Waals surface area contributed by atoms with Crippen molar-refractivity contribution in [3.8, 4) is 0 Å². The summed E-state index contributed by atoms with van der Waals surface area (Å²) in [6.07, 6.45) is 2.02. The third-order valence-corrected chi connectivity index (χ3v) is 0.254. The van der Waals surface area contributed by atoms with Crippen LogP contribution in [0.15, 0.2) is 12.7 Å². The summed E-state index contributed by atoms with van der Waals surface area (Å²) in [4.78, 5) is 9.36. The molecule has 0 aliphatic heterocycles. The average molecular weight is 84.1 g/mol. The van der Waals surface area contributed by atoms with E-state index in [4.69, 9.17) is 0 Å². The summed E-state index contributed by atoms with van der Waals surface area (Å²) in [7, 11) is 0. The highest BCUT2D eigenvalue weighted by molar-refractivity contribution is 5.76. The maximum Gasteiger partial charge on any atom is 0.156 e. The average Bonchev–Trinajstić information content (AvgIpc) is 1.35. The molecule has 0 atom stereocenters. The van der Waals surface area contributed by atoms with Gasteiger partial charge in [0.2, 0.25) is 0 Å². The van der Waals surface area contributed by atoms with E-state index in [0.717, 1.165) is 12.5 Å². The van der Waals surface area contributed by atoms with E-state index in [1.807, 2.05) is 0 Å². The summed E-state index contributed by atoms with van der Waals surface area (Å²) in [5.74, 6) is -1.20. The summed E-state index contributed by atoms with van der Waals surface area (Å²) in [5.41, 5.74) is 0. The highest BCUT2D eigenvalue weighted by atomic mass is 16.4. The third-order valence-electron chi connectivity index (χ3n) is 0.254. The Balaban J connectivity index is 3.05. The molecule has 0 fully saturated rings. The summed E-state index contributed by atoms with van der Waals surface area (Å²) in [6.45, 7) is 3.12. The number of aliphatic carboxylic acids is 1. The van der Waals surface area contributed by atoms with E-state index >= 15 is 0 Å². The van der Waals surface area contributed by atoms with E-state index in [-0.39, 0.29) is 0 Å². The lowest BCUT2D eigenvalue weighted by molar-refractivity contribution is -0.299. The number of rotatable bonds is 2. The van der Waals surface area contributed by atoms with Crippen molar-refractivity contribution in [2.75, 3.05) is 0 Å². The number of carboxylic acid groups (broad SMARTS) is 1. The van der Waals surface area contributed by atoms with Crippen molar-refractivity contribution in [3.63, 3.8) is 0 Å². The van der Waals surface area contributed by atoms with Gasteiger partial charge in [0.15, 0.2) is 5.97 Å². The quantitative estimate of drug-likeness (QED) is 0.408. The molecule has 0 bridgehead atoms. The summed E-state index contributed by atoms with van der Waals surface area (Å²) < 4.78 is 0. The molecular formula is C4H4O2. The molecule has 0 heterocycles. The van der Waals surface area contributed by atoms with E-state index in [1.165, 1.54) is 0 Å². The molecule has 0 unspecified atom stereocenters. The Morgan fingerprint density at radius 2 is 2.50 bits per heavy atom. The van der Waals surface area contributed by atoms with Gasteiger partial charge in [0.05, 0.1) is 12.5 Å². The Labute approximate surface area is 36.1 Å². The van der Waals surface area contributed by atoms with Crippen LogP contribution in [-0.2, 0) is 4.79 Å². The van der Waals surface area contributed by atoms with Gasteiger partial charge in [0, 0.05) is 6.58 Å². The predicted molar refractivity (Wildman–Crippen MR) is 19.5 cm³/mol. The fraction of sp³-hybridized carbons (Fsp3) is 0. The zero-order chi connectivity index (χ0) is 4.99. The van der Waals surface area contributed by atoms with E-state index < -0.39 is 5.97 Å². The van der Waals surface area contributed by atoms with Crippen LogP contribution in [-0.4, -0.2) is 5.97 Å². The number of carboxylic acids is 1. The van der Waals surface area contributed by atoms with E-state index in [9.17, 15) is 9.90 Å². The second-order valence-electron chi connectivity index (χ2n) is 0.721. The lowest BCUT2D eigenvalue weighted by Crippen LogP contribution is -2.21. The Morgan fingerprint density at radius 1 is 2.00 bits per heavy atom. The number of carbonyl (C=O) groups excluding carboxylic acids is 1. The van der Waals surface area contributed by atoms with E-state index in [2.05, 4.69) is 6.58 Å². The molecule has 0 N–H and O–H groups in total. The Hall–Kier alpha value is -0.920. The molecule has 2 nitrogen and oxygen atoms in total. The Kier molecular flexibility index (Phi) is 1.97. The van der Waals surface area contributed by atoms with Crippen molar-refractivity contribution in [2.24, 2.45) is 0 Å². The zero-order valence-electron chi connectivity index (χ0n) is 3.18. The zero-order valence-corrected chi connectivity index (χ0v) is 3.18. The molecule has 0 radical (unpaired) electrons. The molecule has 0 aromatic rings. The molecule has 0 saturated heterocycles. The van der Waals surface area contributed by atoms with Crippen LogP contribution in [0.3, 0.4) is 0 Å². The lowest BCUT2D eigenvalue weighted by Gasteiger charge is -1.80. The molecule has 0 aromatic heterocycles. The van der Waals surface area contributed by atoms with Crippen LogP contribution in [0.1, 0.15) is 0 Å². The number of hydrogen-bond acceptors (Lipinski definition) is 2. The fourth-order valence-corrected chi connectivity index (χ4v) is 0.0962. The van der Waals surface area contributed by atoms with Crippen LogP contribution in [0.2, 0.25) is 0 Å². The van der Waals surface area contributed by atoms with Gasteiger partial charge in [-0.05, 0) is 0 Å². The first-order chi connectivity index (χ1) is 2.77. The van der Waals surface area contributed by atoms with Crippen molar-refractivity contribution in [1.29, 1.82) is 0 Å². The molecule has 0 aliphatic carbocycles. The van der Waals surface area contributed by atoms with Gasteiger partial charge in [-0.2, -0.15) is 0 Å². The molecular weight excluding hydrogens is 80.0 g/mol. The SMILES string of the molecule is C=C[CH+]C(=O)[O-]. The van der Waals surface area contributed by atoms with Gasteiger partial charge >= 0.3 is 0 Å². The van der Waals surface area contributed by atoms with Gasteiger partial charge in [-0.25, -0.2) is 0 Å². The third kappa shape index (κ3) is 3.08. The first-order valence-corrected chi connectivity index (χ1v) is 1.44. The highest BCUT2D eigenvalue weighted by Gasteiger charge is 1.80. The fourth-order valence-electron chi connectivity index (χ4n) is 0.0962. The second-order valence-corrected chi connectivity index (χ2v) is 0.721. The van der Waals surface area contributed by atoms with Crippen molar-refractivity contribution < 1.29 is 9.90 Å². The minimum Gasteiger partial charge on any atom is -0.527 e. The standard InChI is InChI=1S/C4H4O2/c1-2-3-4(5)6/h2-3H,1H2. The summed E-state index contributed by atoms with van der Waals surface area (Å²) in [6, 6.07) is 0. The van der Waals surface area contributed by atoms with Crippen LogP contribution in [0.5, 0.6) is 0 Å². The van der Waals surface area contributed by atoms with Crippen molar-refractivity contribution in [2.45, 2.75) is 0 Å². The lowest BCUT2D eigenvalue weighted by atomic mass is 10.4. The number of hydrogen-bond donors (Lipinski definition) is 0. The van der Waals surface area contributed by atoms with Crippen LogP contribution in [0, 0.1) is 6.42 Å². The first-order valence-electron chi connectivity index (χ1n) is 1.44. The van der Waals surface area contributed by atoms with Crippen LogP contribution in [0.25, 0.3) is 0 Å². The van der Waals surface area contributed by atoms with Crippen LogP contribution >= 0.6 is 0 Å². The molecule has 0 amide bonds. The first kappa shape index (κ1) is 5.08. The van der Waals surface area contributed by atoms with Gasteiger partial charge in [-0.3, -0.25) is 0 Å². The molecule has 0 aromatic carbocycles. The number of carbonyl (C=O) groups is 1. The van der Waals surface area contributed by atoms with Crippen molar-refractivity contribution in [1.82, 2.24) is 0 Å². The van der Waals surface area contributed by atoms with Gasteiger partial charge in [-0.15, -0.1) is 0 Å². The molecule has 2 heteroatoms. The molecule has 0 saturated carbocycles. The van der Waals surface area contributed by atoms with E-state index in [0.29, 0.717) is 0 Å². The molecule has 0 rings (SSSR count). The van der Waals surface area contributed by atoms with Crippen molar-refractivity contribution in [3.05, 3.63) is 19.1 Å². The normalized spacial score (nSPS) is 6.67. The van der Waals surface area contributed by atoms with Gasteiger partial charge in [-0.1, -0.05) is 0 Å². The summed E-state index contributed by atoms with van der Waals surface area (Å²) >= 11 is 0. The van der Waals surface area contributed by atoms with Crippen LogP contribution in [0.4, 0.5) is 0 Å². The highest BCUT2D eigenvalue weighted by Crippen LogP contribution is 1.67. The van der Waals surface area contributed by atoms with Crippen molar-refractivity contribution >= 4 is 5.97 Å². The predicted octanol–water partition coefficient (Wildman–Crippen LogP) is -0.873. The van der Waals surface area contributed by atoms with Gasteiger partial charge in [0.25, 0.3) is 0 Å². The minimum absolute atomic E-state index is 0.861. The maximum atomic E-state index is 9.36. The van der Waals surface area contributed by atoms with Gasteiger partial charge in [0.1, 0.15) is 0 Å². The van der Waals surface area contributed by atoms with E-state index in [1.54, 1.807) is 0 Å². The smallest absolute Gasteiger partial charge is 0.156 e. The molecule has 6 heavy (non-hydrogen) atoms. The molecule has 0 spiro atoms. The maximum absolute atomic E-state index is 9.36. The van der Waals surface area contributed by atoms with Crippen LogP contribution < -0.4 is 5.11 Å². The largest absolute Gasteiger partial charge is 0.527 e. The topological polar surface area (TPSA) is 40.1 Å². The Bertz CT molecular complexity index is 65.9. The minimum atomic E-state index is -1.20. The Morgan fingerprint density at radius 3 is 2.50 bits per heavy atom. The second kappa shape index (κ2) is 2.33. The molecule has 0 aliphatic rings. The summed E-state index contributed by atoms with van der Waals surface area (Å²) in [5, 5.41) is 9.36. The molecule has 32 valence electrons.